The topological polar surface area (TPSA) is 56.4 Å². The Balaban J connectivity index is 1.24. The van der Waals surface area contributed by atoms with E-state index >= 15 is 0 Å². The number of rotatable bonds is 7. The Bertz CT molecular complexity index is 1220. The van der Waals surface area contributed by atoms with E-state index in [2.05, 4.69) is 58.4 Å². The van der Waals surface area contributed by atoms with Gasteiger partial charge in [-0.2, -0.15) is 0 Å². The van der Waals surface area contributed by atoms with E-state index in [4.69, 9.17) is 0 Å². The fourth-order valence-electron chi connectivity index (χ4n) is 4.80. The molecule has 1 fully saturated rings. The van der Waals surface area contributed by atoms with Gasteiger partial charge in [0.05, 0.1) is 6.04 Å². The van der Waals surface area contributed by atoms with Gasteiger partial charge in [0.25, 0.3) is 5.91 Å². The van der Waals surface area contributed by atoms with Crippen LogP contribution in [0.2, 0.25) is 0 Å². The number of H-pyrrole nitrogens is 1. The fourth-order valence-corrected chi connectivity index (χ4v) is 4.80. The van der Waals surface area contributed by atoms with Crippen LogP contribution in [0.5, 0.6) is 0 Å². The summed E-state index contributed by atoms with van der Waals surface area (Å²) in [6, 6.07) is 32.6. The second-order valence-corrected chi connectivity index (χ2v) is 8.94. The third-order valence-electron chi connectivity index (χ3n) is 6.64. The minimum Gasteiger partial charge on any atom is -0.356 e. The highest BCUT2D eigenvalue weighted by molar-refractivity contribution is 6.01. The summed E-state index contributed by atoms with van der Waals surface area (Å²) in [6.45, 7) is 2.84. The summed E-state index contributed by atoms with van der Waals surface area (Å²) in [7, 11) is 0. The van der Waals surface area contributed by atoms with Gasteiger partial charge >= 0.3 is 0 Å². The minimum atomic E-state index is -0.0561. The minimum absolute atomic E-state index is 0.00452. The van der Waals surface area contributed by atoms with E-state index in [0.29, 0.717) is 30.8 Å². The Hall–Kier alpha value is -3.96. The number of hydrogen-bond donors (Lipinski definition) is 1. The first-order chi connectivity index (χ1) is 17.2. The lowest BCUT2D eigenvalue weighted by molar-refractivity contribution is 0.0592. The maximum absolute atomic E-state index is 13.2. The standard InChI is InChI=1S/C30H29N3O2/c34-28(20-23-10-4-1-5-11-23)26-21-27(31-22-26)30(35)33-18-16-32(17-19-33)29(24-12-6-2-7-13-24)25-14-8-3-9-15-25/h1-15,21-22,29,31H,16-20H2. The number of hydrogen-bond acceptors (Lipinski definition) is 3. The van der Waals surface area contributed by atoms with Gasteiger partial charge in [-0.05, 0) is 22.8 Å². The van der Waals surface area contributed by atoms with Crippen LogP contribution in [0.1, 0.15) is 43.6 Å². The Morgan fingerprint density at radius 1 is 0.743 bits per heavy atom. The van der Waals surface area contributed by atoms with Crippen molar-refractivity contribution in [1.29, 1.82) is 0 Å². The van der Waals surface area contributed by atoms with E-state index in [0.717, 1.165) is 18.7 Å². The first-order valence-corrected chi connectivity index (χ1v) is 12.1. The second-order valence-electron chi connectivity index (χ2n) is 8.94. The number of nitrogens with zero attached hydrogens (tertiary/aromatic N) is 2. The van der Waals surface area contributed by atoms with Gasteiger partial charge in [-0.15, -0.1) is 0 Å². The van der Waals surface area contributed by atoms with Gasteiger partial charge in [-0.1, -0.05) is 91.0 Å². The molecule has 0 bridgehead atoms. The fraction of sp³-hybridized carbons (Fsp3) is 0.200. The second kappa shape index (κ2) is 10.5. The third kappa shape index (κ3) is 5.26. The molecule has 0 saturated carbocycles. The van der Waals surface area contributed by atoms with Gasteiger partial charge in [-0.3, -0.25) is 14.5 Å². The zero-order valence-corrected chi connectivity index (χ0v) is 19.6. The Morgan fingerprint density at radius 3 is 1.86 bits per heavy atom. The SMILES string of the molecule is O=C(Cc1ccccc1)c1c[nH]c(C(=O)N2CCN(C(c3ccccc3)c3ccccc3)CC2)c1. The molecular formula is C30H29N3O2. The number of piperazine rings is 1. The van der Waals surface area contributed by atoms with Crippen LogP contribution in [-0.2, 0) is 6.42 Å². The highest BCUT2D eigenvalue weighted by Crippen LogP contribution is 2.29. The molecule has 1 aliphatic heterocycles. The van der Waals surface area contributed by atoms with E-state index in [9.17, 15) is 9.59 Å². The van der Waals surface area contributed by atoms with Gasteiger partial charge in [-0.25, -0.2) is 0 Å². The summed E-state index contributed by atoms with van der Waals surface area (Å²) in [4.78, 5) is 33.2. The predicted molar refractivity (Wildman–Crippen MR) is 137 cm³/mol. The zero-order chi connectivity index (χ0) is 24.0. The highest BCUT2D eigenvalue weighted by atomic mass is 16.2. The van der Waals surface area contributed by atoms with Crippen molar-refractivity contribution in [1.82, 2.24) is 14.8 Å². The summed E-state index contributed by atoms with van der Waals surface area (Å²) in [5.74, 6) is -0.0516. The molecule has 176 valence electrons. The van der Waals surface area contributed by atoms with E-state index in [1.807, 2.05) is 47.4 Å². The van der Waals surface area contributed by atoms with Crippen LogP contribution in [0.3, 0.4) is 0 Å². The van der Waals surface area contributed by atoms with Gasteiger partial charge in [0.1, 0.15) is 5.69 Å². The molecule has 0 radical (unpaired) electrons. The van der Waals surface area contributed by atoms with Crippen LogP contribution < -0.4 is 0 Å². The number of amides is 1. The number of carbonyl (C=O) groups excluding carboxylic acids is 2. The molecule has 4 aromatic rings. The number of aromatic amines is 1. The summed E-state index contributed by atoms with van der Waals surface area (Å²) < 4.78 is 0. The Labute approximate surface area is 206 Å². The molecule has 3 aromatic carbocycles. The number of aromatic nitrogens is 1. The van der Waals surface area contributed by atoms with Crippen molar-refractivity contribution < 1.29 is 9.59 Å². The molecule has 0 spiro atoms. The van der Waals surface area contributed by atoms with E-state index < -0.39 is 0 Å². The van der Waals surface area contributed by atoms with E-state index in [1.165, 1.54) is 11.1 Å². The van der Waals surface area contributed by atoms with Gasteiger partial charge in [0.15, 0.2) is 5.78 Å². The quantitative estimate of drug-likeness (QED) is 0.393. The molecule has 0 atom stereocenters. The van der Waals surface area contributed by atoms with Crippen LogP contribution in [0, 0.1) is 0 Å². The lowest BCUT2D eigenvalue weighted by Crippen LogP contribution is -2.50. The number of benzene rings is 3. The summed E-state index contributed by atoms with van der Waals surface area (Å²) in [6.07, 6.45) is 1.97. The number of ketones is 1. The van der Waals surface area contributed by atoms with Crippen molar-refractivity contribution in [2.75, 3.05) is 26.2 Å². The van der Waals surface area contributed by atoms with Crippen molar-refractivity contribution in [2.24, 2.45) is 0 Å². The monoisotopic (exact) mass is 463 g/mol. The lowest BCUT2D eigenvalue weighted by atomic mass is 9.96. The van der Waals surface area contributed by atoms with Gasteiger partial charge < -0.3 is 9.88 Å². The predicted octanol–water partition coefficient (Wildman–Crippen LogP) is 4.99. The number of carbonyl (C=O) groups is 2. The van der Waals surface area contributed by atoms with Crippen LogP contribution >= 0.6 is 0 Å². The molecular weight excluding hydrogens is 434 g/mol. The molecule has 35 heavy (non-hydrogen) atoms. The third-order valence-corrected chi connectivity index (χ3v) is 6.64. The molecule has 1 aliphatic rings. The highest BCUT2D eigenvalue weighted by Gasteiger charge is 2.29. The van der Waals surface area contributed by atoms with Crippen LogP contribution in [0.25, 0.3) is 0 Å². The number of Topliss-reactive ketones (excluding diaryl/α,β-unsaturated/α-hetero) is 1. The summed E-state index contributed by atoms with van der Waals surface area (Å²) in [5, 5.41) is 0. The maximum atomic E-state index is 13.2. The average molecular weight is 464 g/mol. The summed E-state index contributed by atoms with van der Waals surface area (Å²) >= 11 is 0. The molecule has 1 saturated heterocycles. The lowest BCUT2D eigenvalue weighted by Gasteiger charge is -2.39. The molecule has 1 N–H and O–H groups in total. The molecule has 0 aliphatic carbocycles. The normalized spacial score (nSPS) is 14.3. The van der Waals surface area contributed by atoms with Crippen LogP contribution in [0.15, 0.2) is 103 Å². The smallest absolute Gasteiger partial charge is 0.270 e. The first kappa shape index (κ1) is 22.8. The molecule has 5 nitrogen and oxygen atoms in total. The Morgan fingerprint density at radius 2 is 1.29 bits per heavy atom. The maximum Gasteiger partial charge on any atom is 0.270 e. The largest absolute Gasteiger partial charge is 0.356 e. The molecule has 5 rings (SSSR count). The number of nitrogens with one attached hydrogen (secondary N) is 1. The molecule has 1 amide bonds. The van der Waals surface area contributed by atoms with Crippen LogP contribution in [0.4, 0.5) is 0 Å². The van der Waals surface area contributed by atoms with E-state index in [1.54, 1.807) is 12.3 Å². The van der Waals surface area contributed by atoms with Crippen molar-refractivity contribution in [3.63, 3.8) is 0 Å². The van der Waals surface area contributed by atoms with Crippen LogP contribution in [-0.4, -0.2) is 52.7 Å². The first-order valence-electron chi connectivity index (χ1n) is 12.1. The van der Waals surface area contributed by atoms with E-state index in [-0.39, 0.29) is 17.7 Å². The van der Waals surface area contributed by atoms with Crippen molar-refractivity contribution in [3.8, 4) is 0 Å². The Kier molecular flexibility index (Phi) is 6.87. The molecule has 5 heteroatoms. The van der Waals surface area contributed by atoms with Crippen molar-refractivity contribution in [2.45, 2.75) is 12.5 Å². The summed E-state index contributed by atoms with van der Waals surface area (Å²) in [5.41, 5.74) is 4.49. The van der Waals surface area contributed by atoms with Gasteiger partial charge in [0.2, 0.25) is 0 Å². The molecule has 1 aromatic heterocycles. The molecule has 0 unspecified atom stereocenters. The van der Waals surface area contributed by atoms with Crippen molar-refractivity contribution >= 4 is 11.7 Å². The zero-order valence-electron chi connectivity index (χ0n) is 19.6. The van der Waals surface area contributed by atoms with Gasteiger partial charge in [0, 0.05) is 44.4 Å². The average Bonchev–Trinajstić information content (AvgIpc) is 3.41. The van der Waals surface area contributed by atoms with Crippen molar-refractivity contribution in [3.05, 3.63) is 131 Å². The molecule has 2 heterocycles.